The number of benzene rings is 1. The molecule has 3 amide bonds. The monoisotopic (exact) mass is 723 g/mol. The topological polar surface area (TPSA) is 135 Å². The summed E-state index contributed by atoms with van der Waals surface area (Å²) in [5.41, 5.74) is 3.40. The fraction of sp³-hybridized carbons (Fsp3) is 0.650. The van der Waals surface area contributed by atoms with Gasteiger partial charge in [0.05, 0.1) is 41.3 Å². The molecule has 1 aliphatic carbocycles. The second-order valence-corrected chi connectivity index (χ2v) is 14.8. The molecule has 1 heterocycles. The summed E-state index contributed by atoms with van der Waals surface area (Å²) in [6.07, 6.45) is 11.4. The molecule has 1 fully saturated rings. The van der Waals surface area contributed by atoms with E-state index in [0.29, 0.717) is 51.0 Å². The Labute approximate surface area is 309 Å². The van der Waals surface area contributed by atoms with Crippen molar-refractivity contribution in [3.05, 3.63) is 52.5 Å². The van der Waals surface area contributed by atoms with Crippen molar-refractivity contribution < 1.29 is 24.6 Å². The number of thiazole rings is 1. The zero-order chi connectivity index (χ0) is 37.0. The number of rotatable bonds is 23. The van der Waals surface area contributed by atoms with Crippen molar-refractivity contribution in [3.8, 4) is 12.3 Å². The Bertz CT molecular complexity index is 1330. The van der Waals surface area contributed by atoms with Gasteiger partial charge in [-0.15, -0.1) is 23.7 Å². The van der Waals surface area contributed by atoms with Gasteiger partial charge in [-0.1, -0.05) is 76.3 Å². The second kappa shape index (κ2) is 23.3. The number of amides is 3. The number of carbonyl (C=O) groups excluding carboxylic acids is 3. The Kier molecular flexibility index (Phi) is 19.2. The highest BCUT2D eigenvalue weighted by Gasteiger charge is 2.33. The molecule has 2 unspecified atom stereocenters. The Hall–Kier alpha value is -3.30. The molecular weight excluding hydrogens is 663 g/mol. The summed E-state index contributed by atoms with van der Waals surface area (Å²) >= 11 is 1.43. The maximum absolute atomic E-state index is 14.1. The van der Waals surface area contributed by atoms with E-state index in [1.165, 1.54) is 17.8 Å². The standard InChI is InChI=1S/C40H61N5O5S/c1-5-8-11-20-36(46)38(48)35(24-31-18-14-10-15-19-31)43-40(50)33(25-34-28-51-29-42-34)27-41-39(49)32(23-30-16-12-9-13-17-30)26-37(47)44(4)21-22-45(6-2)7-3/h1,9,12-13,16-17,28-29,31-33,35-36,38,46,48H,6-8,10-11,14-15,18-27H2,2-4H3,(H,41,49)(H,43,50)/t32?,33-,35?,36+,38-/m1/s1. The number of terminal acetylenes is 1. The van der Waals surface area contributed by atoms with Gasteiger partial charge in [-0.05, 0) is 50.3 Å². The van der Waals surface area contributed by atoms with Crippen molar-refractivity contribution in [3.63, 3.8) is 0 Å². The Balaban J connectivity index is 1.75. The number of likely N-dealkylation sites (N-methyl/N-ethyl adjacent to an activating group) is 2. The second-order valence-electron chi connectivity index (χ2n) is 14.1. The van der Waals surface area contributed by atoms with Gasteiger partial charge < -0.3 is 30.6 Å². The summed E-state index contributed by atoms with van der Waals surface area (Å²) in [6.45, 7) is 7.37. The minimum atomic E-state index is -1.15. The predicted molar refractivity (Wildman–Crippen MR) is 204 cm³/mol. The molecule has 10 nitrogen and oxygen atoms in total. The average Bonchev–Trinajstić information content (AvgIpc) is 3.66. The fourth-order valence-electron chi connectivity index (χ4n) is 6.91. The van der Waals surface area contributed by atoms with Crippen LogP contribution in [-0.2, 0) is 27.2 Å². The van der Waals surface area contributed by atoms with E-state index >= 15 is 0 Å². The van der Waals surface area contributed by atoms with E-state index in [4.69, 9.17) is 6.42 Å². The lowest BCUT2D eigenvalue weighted by atomic mass is 9.82. The molecule has 0 saturated heterocycles. The van der Waals surface area contributed by atoms with Gasteiger partial charge in [-0.25, -0.2) is 4.98 Å². The minimum absolute atomic E-state index is 0.0381. The van der Waals surface area contributed by atoms with Crippen molar-refractivity contribution >= 4 is 29.1 Å². The van der Waals surface area contributed by atoms with E-state index in [1.54, 1.807) is 17.5 Å². The van der Waals surface area contributed by atoms with Crippen molar-refractivity contribution in [1.82, 2.24) is 25.4 Å². The number of hydrogen-bond acceptors (Lipinski definition) is 8. The average molecular weight is 724 g/mol. The number of aliphatic hydroxyl groups is 2. The lowest BCUT2D eigenvalue weighted by molar-refractivity contribution is -0.136. The van der Waals surface area contributed by atoms with Crippen LogP contribution in [0.5, 0.6) is 0 Å². The van der Waals surface area contributed by atoms with Crippen LogP contribution in [0.3, 0.4) is 0 Å². The van der Waals surface area contributed by atoms with Gasteiger partial charge in [-0.2, -0.15) is 0 Å². The first kappa shape index (κ1) is 42.1. The summed E-state index contributed by atoms with van der Waals surface area (Å²) in [5, 5.41) is 30.2. The number of nitrogens with zero attached hydrogens (tertiary/aromatic N) is 3. The predicted octanol–water partition coefficient (Wildman–Crippen LogP) is 4.45. The van der Waals surface area contributed by atoms with Crippen LogP contribution >= 0.6 is 11.3 Å². The van der Waals surface area contributed by atoms with Crippen LogP contribution in [0.2, 0.25) is 0 Å². The first-order valence-corrected chi connectivity index (χ1v) is 19.8. The third-order valence-corrected chi connectivity index (χ3v) is 10.9. The summed E-state index contributed by atoms with van der Waals surface area (Å²) in [4.78, 5) is 49.7. The molecule has 1 aromatic carbocycles. The number of hydrogen-bond donors (Lipinski definition) is 4. The van der Waals surface area contributed by atoms with Gasteiger partial charge in [0.1, 0.15) is 0 Å². The third kappa shape index (κ3) is 15.1. The highest BCUT2D eigenvalue weighted by Crippen LogP contribution is 2.29. The van der Waals surface area contributed by atoms with E-state index < -0.39 is 30.1 Å². The molecule has 2 aromatic rings. The molecule has 3 rings (SSSR count). The molecule has 4 N–H and O–H groups in total. The van der Waals surface area contributed by atoms with E-state index in [9.17, 15) is 24.6 Å². The largest absolute Gasteiger partial charge is 0.390 e. The number of nitrogens with one attached hydrogen (secondary N) is 2. The Morgan fingerprint density at radius 3 is 2.39 bits per heavy atom. The number of carbonyl (C=O) groups is 3. The number of aliphatic hydroxyl groups excluding tert-OH is 2. The molecule has 11 heteroatoms. The summed E-state index contributed by atoms with van der Waals surface area (Å²) in [7, 11) is 1.78. The van der Waals surface area contributed by atoms with Crippen LogP contribution in [0.4, 0.5) is 0 Å². The molecule has 282 valence electrons. The van der Waals surface area contributed by atoms with Crippen LogP contribution in [0.1, 0.15) is 89.3 Å². The molecule has 1 aromatic heterocycles. The summed E-state index contributed by atoms with van der Waals surface area (Å²) in [6, 6.07) is 9.01. The van der Waals surface area contributed by atoms with E-state index in [0.717, 1.165) is 56.6 Å². The molecule has 0 spiro atoms. The zero-order valence-corrected chi connectivity index (χ0v) is 31.8. The van der Waals surface area contributed by atoms with E-state index in [-0.39, 0.29) is 30.7 Å². The maximum atomic E-state index is 14.1. The normalized spacial score (nSPS) is 16.4. The first-order chi connectivity index (χ1) is 24.6. The van der Waals surface area contributed by atoms with Crippen LogP contribution in [-0.4, -0.2) is 101 Å². The molecule has 0 radical (unpaired) electrons. The molecule has 0 bridgehead atoms. The van der Waals surface area contributed by atoms with Gasteiger partial charge in [-0.3, -0.25) is 14.4 Å². The van der Waals surface area contributed by atoms with Gasteiger partial charge in [0.25, 0.3) is 0 Å². The molecule has 51 heavy (non-hydrogen) atoms. The quantitative estimate of drug-likeness (QED) is 0.0984. The third-order valence-electron chi connectivity index (χ3n) is 10.3. The highest BCUT2D eigenvalue weighted by atomic mass is 32.1. The van der Waals surface area contributed by atoms with Gasteiger partial charge in [0.15, 0.2) is 0 Å². The van der Waals surface area contributed by atoms with E-state index in [2.05, 4.69) is 40.3 Å². The molecule has 0 aliphatic heterocycles. The number of unbranched alkanes of at least 4 members (excludes halogenated alkanes) is 1. The number of aromatic nitrogens is 1. The molecular formula is C40H61N5O5S. The van der Waals surface area contributed by atoms with Crippen molar-refractivity contribution in [1.29, 1.82) is 0 Å². The van der Waals surface area contributed by atoms with Gasteiger partial charge >= 0.3 is 0 Å². The Morgan fingerprint density at radius 2 is 1.75 bits per heavy atom. The van der Waals surface area contributed by atoms with E-state index in [1.807, 2.05) is 35.7 Å². The van der Waals surface area contributed by atoms with Crippen molar-refractivity contribution in [2.24, 2.45) is 17.8 Å². The van der Waals surface area contributed by atoms with Crippen LogP contribution in [0, 0.1) is 30.1 Å². The maximum Gasteiger partial charge on any atom is 0.225 e. The van der Waals surface area contributed by atoms with Gasteiger partial charge in [0, 0.05) is 51.3 Å². The SMILES string of the molecule is C#CCCC[C@H](O)[C@H](O)C(CC1CCCCC1)NC(=O)[C@@H](CNC(=O)C(CC(=O)N(C)CCN(CC)CC)Cc1ccccc1)Cc1cscn1. The highest BCUT2D eigenvalue weighted by molar-refractivity contribution is 7.07. The molecule has 1 saturated carbocycles. The summed E-state index contributed by atoms with van der Waals surface area (Å²) < 4.78 is 0. The van der Waals surface area contributed by atoms with Crippen molar-refractivity contribution in [2.45, 2.75) is 109 Å². The van der Waals surface area contributed by atoms with Crippen LogP contribution in [0.25, 0.3) is 0 Å². The van der Waals surface area contributed by atoms with Crippen molar-refractivity contribution in [2.75, 3.05) is 39.8 Å². The molecule has 1 aliphatic rings. The zero-order valence-electron chi connectivity index (χ0n) is 31.0. The smallest absolute Gasteiger partial charge is 0.225 e. The first-order valence-electron chi connectivity index (χ1n) is 18.9. The lowest BCUT2D eigenvalue weighted by Crippen LogP contribution is -2.52. The Morgan fingerprint density at radius 1 is 1.02 bits per heavy atom. The fourth-order valence-corrected chi connectivity index (χ4v) is 7.48. The van der Waals surface area contributed by atoms with Gasteiger partial charge in [0.2, 0.25) is 17.7 Å². The van der Waals surface area contributed by atoms with Crippen LogP contribution in [0.15, 0.2) is 41.2 Å². The minimum Gasteiger partial charge on any atom is -0.390 e. The van der Waals surface area contributed by atoms with Crippen LogP contribution < -0.4 is 10.6 Å². The lowest BCUT2D eigenvalue weighted by Gasteiger charge is -2.33. The summed E-state index contributed by atoms with van der Waals surface area (Å²) in [5.74, 6) is 0.905. The molecule has 5 atom stereocenters.